The molecule has 11 heavy (non-hydrogen) atoms. The van der Waals surface area contributed by atoms with Gasteiger partial charge in [0.2, 0.25) is 0 Å². The SMILES string of the molecule is CNC(=O)NC1(C(C)C)CC1. The second kappa shape index (κ2) is 2.72. The highest BCUT2D eigenvalue weighted by molar-refractivity contribution is 5.74. The molecule has 1 saturated carbocycles. The zero-order valence-corrected chi connectivity index (χ0v) is 7.40. The Hall–Kier alpha value is -0.730. The van der Waals surface area contributed by atoms with Crippen molar-refractivity contribution in [2.24, 2.45) is 5.92 Å². The molecule has 64 valence electrons. The predicted octanol–water partition coefficient (Wildman–Crippen LogP) is 1.10. The van der Waals surface area contributed by atoms with E-state index in [1.165, 1.54) is 0 Å². The van der Waals surface area contributed by atoms with Gasteiger partial charge in [0.1, 0.15) is 0 Å². The van der Waals surface area contributed by atoms with Crippen molar-refractivity contribution in [1.82, 2.24) is 10.6 Å². The smallest absolute Gasteiger partial charge is 0.314 e. The molecule has 0 bridgehead atoms. The second-order valence-corrected chi connectivity index (χ2v) is 3.51. The first kappa shape index (κ1) is 8.37. The van der Waals surface area contributed by atoms with Crippen LogP contribution in [0.2, 0.25) is 0 Å². The van der Waals surface area contributed by atoms with Crippen LogP contribution in [-0.4, -0.2) is 18.6 Å². The zero-order chi connectivity index (χ0) is 8.48. The van der Waals surface area contributed by atoms with Crippen molar-refractivity contribution in [3.8, 4) is 0 Å². The average molecular weight is 156 g/mol. The zero-order valence-electron chi connectivity index (χ0n) is 7.40. The van der Waals surface area contributed by atoms with E-state index < -0.39 is 0 Å². The molecule has 0 aliphatic heterocycles. The molecule has 0 radical (unpaired) electrons. The largest absolute Gasteiger partial charge is 0.341 e. The van der Waals surface area contributed by atoms with Gasteiger partial charge >= 0.3 is 6.03 Å². The van der Waals surface area contributed by atoms with Crippen molar-refractivity contribution in [2.75, 3.05) is 7.05 Å². The Kier molecular flexibility index (Phi) is 2.07. The first-order chi connectivity index (χ1) is 5.10. The summed E-state index contributed by atoms with van der Waals surface area (Å²) in [5.74, 6) is 0.541. The van der Waals surface area contributed by atoms with Crippen LogP contribution in [0, 0.1) is 5.92 Å². The number of hydrogen-bond acceptors (Lipinski definition) is 1. The van der Waals surface area contributed by atoms with Crippen LogP contribution in [0.5, 0.6) is 0 Å². The van der Waals surface area contributed by atoms with Gasteiger partial charge in [-0.15, -0.1) is 0 Å². The number of amides is 2. The molecular formula is C8H16N2O. The highest BCUT2D eigenvalue weighted by atomic mass is 16.2. The van der Waals surface area contributed by atoms with Crippen LogP contribution in [0.1, 0.15) is 26.7 Å². The lowest BCUT2D eigenvalue weighted by atomic mass is 10.0. The Morgan fingerprint density at radius 1 is 1.45 bits per heavy atom. The highest BCUT2D eigenvalue weighted by Crippen LogP contribution is 2.41. The number of nitrogens with one attached hydrogen (secondary N) is 2. The fourth-order valence-electron chi connectivity index (χ4n) is 1.27. The van der Waals surface area contributed by atoms with Crippen molar-refractivity contribution < 1.29 is 4.79 Å². The van der Waals surface area contributed by atoms with E-state index in [1.54, 1.807) is 7.05 Å². The fraction of sp³-hybridized carbons (Fsp3) is 0.875. The maximum atomic E-state index is 10.9. The number of carbonyl (C=O) groups excluding carboxylic acids is 1. The molecule has 0 heterocycles. The van der Waals surface area contributed by atoms with Gasteiger partial charge < -0.3 is 10.6 Å². The van der Waals surface area contributed by atoms with Gasteiger partial charge in [0.25, 0.3) is 0 Å². The maximum absolute atomic E-state index is 10.9. The molecule has 1 rings (SSSR count). The first-order valence-corrected chi connectivity index (χ1v) is 4.10. The summed E-state index contributed by atoms with van der Waals surface area (Å²) in [6.45, 7) is 4.28. The minimum Gasteiger partial charge on any atom is -0.341 e. The van der Waals surface area contributed by atoms with E-state index in [0.29, 0.717) is 5.92 Å². The van der Waals surface area contributed by atoms with E-state index in [-0.39, 0.29) is 11.6 Å². The lowest BCUT2D eigenvalue weighted by Crippen LogP contribution is -2.45. The third-order valence-electron chi connectivity index (χ3n) is 2.48. The van der Waals surface area contributed by atoms with E-state index in [1.807, 2.05) is 0 Å². The van der Waals surface area contributed by atoms with Crippen molar-refractivity contribution in [1.29, 1.82) is 0 Å². The van der Waals surface area contributed by atoms with Gasteiger partial charge in [-0.1, -0.05) is 13.8 Å². The van der Waals surface area contributed by atoms with Crippen LogP contribution in [0.3, 0.4) is 0 Å². The topological polar surface area (TPSA) is 41.1 Å². The van der Waals surface area contributed by atoms with E-state index in [2.05, 4.69) is 24.5 Å². The molecule has 0 aromatic carbocycles. The highest BCUT2D eigenvalue weighted by Gasteiger charge is 2.46. The van der Waals surface area contributed by atoms with Gasteiger partial charge in [0.05, 0.1) is 0 Å². The van der Waals surface area contributed by atoms with Gasteiger partial charge in [-0.05, 0) is 18.8 Å². The number of hydrogen-bond donors (Lipinski definition) is 2. The van der Waals surface area contributed by atoms with E-state index in [9.17, 15) is 4.79 Å². The molecule has 0 spiro atoms. The van der Waals surface area contributed by atoms with Gasteiger partial charge in [0, 0.05) is 12.6 Å². The first-order valence-electron chi connectivity index (χ1n) is 4.10. The second-order valence-electron chi connectivity index (χ2n) is 3.51. The Morgan fingerprint density at radius 2 is 2.00 bits per heavy atom. The summed E-state index contributed by atoms with van der Waals surface area (Å²) in [6, 6.07) is -0.0591. The summed E-state index contributed by atoms with van der Waals surface area (Å²) in [6.07, 6.45) is 2.25. The molecule has 3 heteroatoms. The third-order valence-corrected chi connectivity index (χ3v) is 2.48. The molecule has 2 N–H and O–H groups in total. The molecule has 0 atom stereocenters. The van der Waals surface area contributed by atoms with Crippen LogP contribution < -0.4 is 10.6 Å². The number of rotatable bonds is 2. The molecule has 1 fully saturated rings. The van der Waals surface area contributed by atoms with Crippen LogP contribution in [0.15, 0.2) is 0 Å². The van der Waals surface area contributed by atoms with E-state index in [4.69, 9.17) is 0 Å². The molecule has 3 nitrogen and oxygen atoms in total. The summed E-state index contributed by atoms with van der Waals surface area (Å²) in [4.78, 5) is 10.9. The molecule has 1 aliphatic rings. The fourth-order valence-corrected chi connectivity index (χ4v) is 1.27. The van der Waals surface area contributed by atoms with Crippen LogP contribution in [0.25, 0.3) is 0 Å². The van der Waals surface area contributed by atoms with Gasteiger partial charge in [-0.3, -0.25) is 0 Å². The summed E-state index contributed by atoms with van der Waals surface area (Å²) in [5.41, 5.74) is 0.111. The standard InChI is InChI=1S/C8H16N2O/c1-6(2)8(4-5-8)10-7(11)9-3/h6H,4-5H2,1-3H3,(H2,9,10,11). The maximum Gasteiger partial charge on any atom is 0.314 e. The van der Waals surface area contributed by atoms with Crippen LogP contribution >= 0.6 is 0 Å². The van der Waals surface area contributed by atoms with Crippen molar-refractivity contribution in [3.63, 3.8) is 0 Å². The van der Waals surface area contributed by atoms with E-state index >= 15 is 0 Å². The summed E-state index contributed by atoms with van der Waals surface area (Å²) >= 11 is 0. The Bertz CT molecular complexity index is 161. The monoisotopic (exact) mass is 156 g/mol. The minimum absolute atomic E-state index is 0.0591. The average Bonchev–Trinajstić information content (AvgIpc) is 2.69. The molecule has 0 saturated heterocycles. The Labute approximate surface area is 67.5 Å². The molecular weight excluding hydrogens is 140 g/mol. The van der Waals surface area contributed by atoms with Crippen LogP contribution in [0.4, 0.5) is 4.79 Å². The lowest BCUT2D eigenvalue weighted by molar-refractivity contribution is 0.232. The minimum atomic E-state index is -0.0591. The predicted molar refractivity (Wildman–Crippen MR) is 44.4 cm³/mol. The normalized spacial score (nSPS) is 19.6. The summed E-state index contributed by atoms with van der Waals surface area (Å²) < 4.78 is 0. The molecule has 1 aliphatic carbocycles. The molecule has 0 unspecified atom stereocenters. The van der Waals surface area contributed by atoms with Gasteiger partial charge in [0.15, 0.2) is 0 Å². The van der Waals surface area contributed by atoms with Crippen molar-refractivity contribution in [3.05, 3.63) is 0 Å². The Balaban J connectivity index is 2.41. The van der Waals surface area contributed by atoms with Crippen molar-refractivity contribution >= 4 is 6.03 Å². The van der Waals surface area contributed by atoms with Crippen LogP contribution in [-0.2, 0) is 0 Å². The molecule has 0 aromatic rings. The number of urea groups is 1. The molecule has 0 aromatic heterocycles. The summed E-state index contributed by atoms with van der Waals surface area (Å²) in [7, 11) is 1.64. The number of carbonyl (C=O) groups is 1. The Morgan fingerprint density at radius 3 is 2.27 bits per heavy atom. The van der Waals surface area contributed by atoms with Gasteiger partial charge in [-0.2, -0.15) is 0 Å². The van der Waals surface area contributed by atoms with Crippen molar-refractivity contribution in [2.45, 2.75) is 32.2 Å². The summed E-state index contributed by atoms with van der Waals surface area (Å²) in [5, 5.41) is 5.53. The lowest BCUT2D eigenvalue weighted by Gasteiger charge is -2.20. The van der Waals surface area contributed by atoms with Gasteiger partial charge in [-0.25, -0.2) is 4.79 Å². The van der Waals surface area contributed by atoms with E-state index in [0.717, 1.165) is 12.8 Å². The molecule has 2 amide bonds. The quantitative estimate of drug-likeness (QED) is 0.617. The third kappa shape index (κ3) is 1.64.